The largest absolute Gasteiger partial charge is 0.318 e. The van der Waals surface area contributed by atoms with Gasteiger partial charge in [-0.3, -0.25) is 16.0 Å². The van der Waals surface area contributed by atoms with E-state index < -0.39 is 14.9 Å². The highest BCUT2D eigenvalue weighted by molar-refractivity contribution is 7.89. The van der Waals surface area contributed by atoms with Crippen molar-refractivity contribution in [3.8, 4) is 0 Å². The van der Waals surface area contributed by atoms with Crippen LogP contribution >= 0.6 is 0 Å². The van der Waals surface area contributed by atoms with Gasteiger partial charge in [0.1, 0.15) is 5.69 Å². The predicted octanol–water partition coefficient (Wildman–Crippen LogP) is 1.35. The second kappa shape index (κ2) is 6.37. The van der Waals surface area contributed by atoms with E-state index in [1.807, 2.05) is 0 Å². The first-order chi connectivity index (χ1) is 9.94. The second-order valence-electron chi connectivity index (χ2n) is 5.06. The highest BCUT2D eigenvalue weighted by Crippen LogP contribution is 2.29. The number of hydrazine groups is 1. The molecule has 4 N–H and O–H groups in total. The summed E-state index contributed by atoms with van der Waals surface area (Å²) in [5.41, 5.74) is 1.84. The van der Waals surface area contributed by atoms with Gasteiger partial charge in [0.05, 0.1) is 9.82 Å². The Morgan fingerprint density at radius 1 is 1.38 bits per heavy atom. The Labute approximate surface area is 122 Å². The zero-order chi connectivity index (χ0) is 15.5. The van der Waals surface area contributed by atoms with Crippen molar-refractivity contribution in [2.45, 2.75) is 30.6 Å². The summed E-state index contributed by atoms with van der Waals surface area (Å²) in [6, 6.07) is 3.48. The lowest BCUT2D eigenvalue weighted by molar-refractivity contribution is -0.384. The van der Waals surface area contributed by atoms with Crippen LogP contribution in [0.4, 0.5) is 11.4 Å². The number of benzene rings is 1. The van der Waals surface area contributed by atoms with E-state index in [1.54, 1.807) is 0 Å². The maximum atomic E-state index is 12.1. The fourth-order valence-electron chi connectivity index (χ4n) is 2.22. The number of anilines is 1. The summed E-state index contributed by atoms with van der Waals surface area (Å²) in [7, 11) is -3.68. The summed E-state index contributed by atoms with van der Waals surface area (Å²) in [5, 5.41) is 10.8. The number of nitro benzene ring substituents is 1. The molecular weight excluding hydrogens is 296 g/mol. The van der Waals surface area contributed by atoms with Crippen molar-refractivity contribution in [3.05, 3.63) is 28.3 Å². The number of nitrogen functional groups attached to an aromatic ring is 1. The van der Waals surface area contributed by atoms with Crippen molar-refractivity contribution >= 4 is 21.4 Å². The van der Waals surface area contributed by atoms with Crippen LogP contribution in [0.3, 0.4) is 0 Å². The third-order valence-electron chi connectivity index (χ3n) is 3.70. The molecule has 0 spiro atoms. The highest BCUT2D eigenvalue weighted by atomic mass is 32.2. The molecule has 0 unspecified atom stereocenters. The molecule has 9 heteroatoms. The van der Waals surface area contributed by atoms with E-state index in [0.717, 1.165) is 31.4 Å². The van der Waals surface area contributed by atoms with E-state index in [1.165, 1.54) is 12.5 Å². The summed E-state index contributed by atoms with van der Waals surface area (Å²) in [6.07, 6.45) is 4.33. The molecule has 1 aliphatic rings. The Kier molecular flexibility index (Phi) is 4.76. The lowest BCUT2D eigenvalue weighted by atomic mass is 9.83. The summed E-state index contributed by atoms with van der Waals surface area (Å²) >= 11 is 0. The zero-order valence-electron chi connectivity index (χ0n) is 11.4. The average Bonchev–Trinajstić information content (AvgIpc) is 2.40. The lowest BCUT2D eigenvalue weighted by Gasteiger charge is -2.25. The van der Waals surface area contributed by atoms with E-state index in [9.17, 15) is 18.5 Å². The van der Waals surface area contributed by atoms with E-state index in [-0.39, 0.29) is 16.3 Å². The molecule has 1 aromatic carbocycles. The van der Waals surface area contributed by atoms with Crippen LogP contribution in [0.1, 0.15) is 25.7 Å². The molecule has 0 heterocycles. The number of sulfonamides is 1. The van der Waals surface area contributed by atoms with Gasteiger partial charge in [0.2, 0.25) is 10.0 Å². The van der Waals surface area contributed by atoms with E-state index in [0.29, 0.717) is 12.5 Å². The number of hydrogen-bond acceptors (Lipinski definition) is 6. The fourth-order valence-corrected chi connectivity index (χ4v) is 3.29. The van der Waals surface area contributed by atoms with Crippen LogP contribution in [-0.2, 0) is 10.0 Å². The van der Waals surface area contributed by atoms with Gasteiger partial charge in [-0.25, -0.2) is 13.1 Å². The molecule has 0 aliphatic heterocycles. The van der Waals surface area contributed by atoms with Gasteiger partial charge >= 0.3 is 0 Å². The molecule has 1 aromatic rings. The molecule has 1 fully saturated rings. The van der Waals surface area contributed by atoms with Gasteiger partial charge in [0.15, 0.2) is 0 Å². The van der Waals surface area contributed by atoms with Gasteiger partial charge < -0.3 is 5.43 Å². The minimum absolute atomic E-state index is 0.0399. The average molecular weight is 314 g/mol. The van der Waals surface area contributed by atoms with Gasteiger partial charge in [-0.2, -0.15) is 0 Å². The Hall–Kier alpha value is -1.71. The van der Waals surface area contributed by atoms with E-state index >= 15 is 0 Å². The first-order valence-electron chi connectivity index (χ1n) is 6.69. The molecule has 0 atom stereocenters. The maximum Gasteiger partial charge on any atom is 0.293 e. The number of nitrogens with one attached hydrogen (secondary N) is 2. The SMILES string of the molecule is NNc1cc(S(=O)(=O)NCCC2CCC2)ccc1[N+](=O)[O-]. The van der Waals surface area contributed by atoms with Crippen molar-refractivity contribution in [1.29, 1.82) is 0 Å². The number of nitrogens with two attached hydrogens (primary N) is 1. The van der Waals surface area contributed by atoms with Crippen LogP contribution in [0.5, 0.6) is 0 Å². The van der Waals surface area contributed by atoms with Crippen molar-refractivity contribution in [2.75, 3.05) is 12.0 Å². The van der Waals surface area contributed by atoms with Crippen LogP contribution in [0.2, 0.25) is 0 Å². The second-order valence-corrected chi connectivity index (χ2v) is 6.83. The molecule has 0 radical (unpaired) electrons. The number of rotatable bonds is 7. The molecule has 116 valence electrons. The van der Waals surface area contributed by atoms with Crippen molar-refractivity contribution in [2.24, 2.45) is 11.8 Å². The van der Waals surface area contributed by atoms with Crippen LogP contribution < -0.4 is 16.0 Å². The van der Waals surface area contributed by atoms with Crippen molar-refractivity contribution in [3.63, 3.8) is 0 Å². The van der Waals surface area contributed by atoms with Crippen LogP contribution in [0.15, 0.2) is 23.1 Å². The van der Waals surface area contributed by atoms with Crippen LogP contribution in [0.25, 0.3) is 0 Å². The maximum absolute atomic E-state index is 12.1. The number of nitro groups is 1. The first-order valence-corrected chi connectivity index (χ1v) is 8.17. The normalized spacial score (nSPS) is 15.5. The van der Waals surface area contributed by atoms with Gasteiger partial charge in [0.25, 0.3) is 5.69 Å². The minimum Gasteiger partial charge on any atom is -0.318 e. The van der Waals surface area contributed by atoms with Crippen molar-refractivity contribution in [1.82, 2.24) is 4.72 Å². The van der Waals surface area contributed by atoms with Gasteiger partial charge in [-0.1, -0.05) is 19.3 Å². The first kappa shape index (κ1) is 15.7. The molecule has 2 rings (SSSR count). The molecule has 0 bridgehead atoms. The topological polar surface area (TPSA) is 127 Å². The Morgan fingerprint density at radius 3 is 2.62 bits per heavy atom. The van der Waals surface area contributed by atoms with Crippen LogP contribution in [-0.4, -0.2) is 19.9 Å². The summed E-state index contributed by atoms with van der Waals surface area (Å²) in [6.45, 7) is 0.370. The summed E-state index contributed by atoms with van der Waals surface area (Å²) in [4.78, 5) is 10.1. The molecule has 21 heavy (non-hydrogen) atoms. The lowest BCUT2D eigenvalue weighted by Crippen LogP contribution is -2.27. The van der Waals surface area contributed by atoms with E-state index in [2.05, 4.69) is 10.1 Å². The molecule has 0 aromatic heterocycles. The molecule has 0 amide bonds. The quantitative estimate of drug-likeness (QED) is 0.396. The van der Waals surface area contributed by atoms with Crippen LogP contribution in [0, 0.1) is 16.0 Å². The molecule has 1 aliphatic carbocycles. The Bertz CT molecular complexity index is 628. The summed E-state index contributed by atoms with van der Waals surface area (Å²) in [5.74, 6) is 5.80. The van der Waals surface area contributed by atoms with E-state index in [4.69, 9.17) is 5.84 Å². The monoisotopic (exact) mass is 314 g/mol. The fraction of sp³-hybridized carbons (Fsp3) is 0.500. The number of nitrogens with zero attached hydrogens (tertiary/aromatic N) is 1. The minimum atomic E-state index is -3.68. The highest BCUT2D eigenvalue weighted by Gasteiger charge is 2.21. The third kappa shape index (κ3) is 3.69. The Balaban J connectivity index is 2.09. The predicted molar refractivity (Wildman–Crippen MR) is 78.1 cm³/mol. The van der Waals surface area contributed by atoms with Gasteiger partial charge in [0, 0.05) is 12.6 Å². The molecular formula is C12H18N4O4S. The Morgan fingerprint density at radius 2 is 2.10 bits per heavy atom. The smallest absolute Gasteiger partial charge is 0.293 e. The third-order valence-corrected chi connectivity index (χ3v) is 5.16. The standard InChI is InChI=1S/C12H18N4O4S/c13-15-11-8-10(4-5-12(11)16(17)18)21(19,20)14-7-6-9-2-1-3-9/h4-5,8-9,14-15H,1-3,6-7,13H2. The molecule has 0 saturated heterocycles. The van der Waals surface area contributed by atoms with Crippen molar-refractivity contribution < 1.29 is 13.3 Å². The number of hydrogen-bond donors (Lipinski definition) is 3. The molecule has 8 nitrogen and oxygen atoms in total. The zero-order valence-corrected chi connectivity index (χ0v) is 12.2. The van der Waals surface area contributed by atoms with Gasteiger partial charge in [-0.15, -0.1) is 0 Å². The molecule has 1 saturated carbocycles. The summed E-state index contributed by atoms with van der Waals surface area (Å²) < 4.78 is 26.7. The van der Waals surface area contributed by atoms with Gasteiger partial charge in [-0.05, 0) is 24.5 Å².